The highest BCUT2D eigenvalue weighted by Gasteiger charge is 2.47. The minimum absolute atomic E-state index is 0.304. The van der Waals surface area contributed by atoms with Gasteiger partial charge < -0.3 is 10.1 Å². The minimum atomic E-state index is 0.304. The van der Waals surface area contributed by atoms with Crippen molar-refractivity contribution in [2.45, 2.75) is 38.3 Å². The molecule has 0 bridgehead atoms. The molecule has 1 aromatic rings. The molecule has 0 saturated carbocycles. The van der Waals surface area contributed by atoms with Crippen LogP contribution >= 0.6 is 0 Å². The van der Waals surface area contributed by atoms with Crippen molar-refractivity contribution in [1.82, 2.24) is 10.2 Å². The average Bonchev–Trinajstić information content (AvgIpc) is 2.93. The summed E-state index contributed by atoms with van der Waals surface area (Å²) in [5, 5.41) is 3.77. The third-order valence-corrected chi connectivity index (χ3v) is 5.76. The molecule has 0 unspecified atom stereocenters. The van der Waals surface area contributed by atoms with Crippen LogP contribution in [0.5, 0.6) is 5.75 Å². The molecule has 2 aliphatic rings. The van der Waals surface area contributed by atoms with Gasteiger partial charge in [0.25, 0.3) is 0 Å². The van der Waals surface area contributed by atoms with Gasteiger partial charge in [0.05, 0.1) is 7.11 Å². The van der Waals surface area contributed by atoms with Gasteiger partial charge in [-0.05, 0) is 54.9 Å². The van der Waals surface area contributed by atoms with E-state index in [4.69, 9.17) is 4.74 Å². The standard InChI is InChI=1S/C21H30N2O/c1-5-9-21(10-6-2)14-19-20(22-11-12-23(19)15-21)18-8-7-17(24-4)13-16(18)3/h5-8,13,19-20,22H,1-2,9-12,14-15H2,3-4H3/t19-,20-/m0/s1. The molecule has 2 saturated heterocycles. The molecule has 1 N–H and O–H groups in total. The number of fused-ring (bicyclic) bond motifs is 1. The largest absolute Gasteiger partial charge is 0.497 e. The fraction of sp³-hybridized carbons (Fsp3) is 0.524. The Labute approximate surface area is 146 Å². The Balaban J connectivity index is 1.88. The molecular formula is C21H30N2O. The van der Waals surface area contributed by atoms with E-state index in [1.165, 1.54) is 17.5 Å². The Morgan fingerprint density at radius 1 is 1.33 bits per heavy atom. The lowest BCUT2D eigenvalue weighted by molar-refractivity contribution is 0.159. The maximum absolute atomic E-state index is 5.37. The first-order valence-electron chi connectivity index (χ1n) is 8.96. The second kappa shape index (κ2) is 7.12. The zero-order chi connectivity index (χ0) is 17.2. The summed E-state index contributed by atoms with van der Waals surface area (Å²) in [7, 11) is 1.73. The number of benzene rings is 1. The van der Waals surface area contributed by atoms with Gasteiger partial charge >= 0.3 is 0 Å². The molecule has 130 valence electrons. The Kier molecular flexibility index (Phi) is 5.12. The highest BCUT2D eigenvalue weighted by atomic mass is 16.5. The quantitative estimate of drug-likeness (QED) is 0.803. The second-order valence-electron chi connectivity index (χ2n) is 7.38. The van der Waals surface area contributed by atoms with Gasteiger partial charge in [0.2, 0.25) is 0 Å². The molecule has 0 amide bonds. The van der Waals surface area contributed by atoms with E-state index in [2.05, 4.69) is 60.6 Å². The van der Waals surface area contributed by atoms with Crippen LogP contribution in [0.15, 0.2) is 43.5 Å². The van der Waals surface area contributed by atoms with E-state index in [0.29, 0.717) is 17.5 Å². The Hall–Kier alpha value is -1.58. The molecular weight excluding hydrogens is 296 g/mol. The molecule has 3 rings (SSSR count). The van der Waals surface area contributed by atoms with Gasteiger partial charge in [-0.1, -0.05) is 18.2 Å². The van der Waals surface area contributed by atoms with Crippen molar-refractivity contribution >= 4 is 0 Å². The van der Waals surface area contributed by atoms with Crippen molar-refractivity contribution in [1.29, 1.82) is 0 Å². The summed E-state index contributed by atoms with van der Waals surface area (Å²) in [6, 6.07) is 7.40. The predicted molar refractivity (Wildman–Crippen MR) is 101 cm³/mol. The van der Waals surface area contributed by atoms with Gasteiger partial charge in [-0.3, -0.25) is 4.90 Å². The van der Waals surface area contributed by atoms with Gasteiger partial charge in [-0.15, -0.1) is 13.2 Å². The Bertz CT molecular complexity index is 600. The van der Waals surface area contributed by atoms with Crippen molar-refractivity contribution in [2.24, 2.45) is 5.41 Å². The van der Waals surface area contributed by atoms with Crippen LogP contribution in [0.4, 0.5) is 0 Å². The molecule has 1 aromatic carbocycles. The summed E-state index contributed by atoms with van der Waals surface area (Å²) in [6.45, 7) is 13.5. The molecule has 2 fully saturated rings. The van der Waals surface area contributed by atoms with Gasteiger partial charge in [0.1, 0.15) is 5.75 Å². The Morgan fingerprint density at radius 2 is 2.08 bits per heavy atom. The van der Waals surface area contributed by atoms with Crippen LogP contribution in [0.25, 0.3) is 0 Å². The summed E-state index contributed by atoms with van der Waals surface area (Å²) in [5.41, 5.74) is 3.01. The first-order chi connectivity index (χ1) is 11.6. The first kappa shape index (κ1) is 17.2. The van der Waals surface area contributed by atoms with Crippen LogP contribution in [-0.2, 0) is 0 Å². The van der Waals surface area contributed by atoms with E-state index in [1.54, 1.807) is 7.11 Å². The lowest BCUT2D eigenvalue weighted by Crippen LogP contribution is -2.50. The number of nitrogens with zero attached hydrogens (tertiary/aromatic N) is 1. The van der Waals surface area contributed by atoms with Crippen molar-refractivity contribution in [3.8, 4) is 5.75 Å². The number of methoxy groups -OCH3 is 1. The summed E-state index contributed by atoms with van der Waals surface area (Å²) >= 11 is 0. The molecule has 3 heteroatoms. The smallest absolute Gasteiger partial charge is 0.119 e. The topological polar surface area (TPSA) is 24.5 Å². The monoisotopic (exact) mass is 326 g/mol. The molecule has 0 aliphatic carbocycles. The summed E-state index contributed by atoms with van der Waals surface area (Å²) in [6.07, 6.45) is 7.51. The average molecular weight is 326 g/mol. The number of hydrogen-bond donors (Lipinski definition) is 1. The number of aryl methyl sites for hydroxylation is 1. The van der Waals surface area contributed by atoms with Crippen LogP contribution in [0.1, 0.15) is 36.4 Å². The zero-order valence-electron chi connectivity index (χ0n) is 15.1. The molecule has 0 spiro atoms. The minimum Gasteiger partial charge on any atom is -0.497 e. The molecule has 2 heterocycles. The number of hydrogen-bond acceptors (Lipinski definition) is 3. The van der Waals surface area contributed by atoms with Gasteiger partial charge in [-0.2, -0.15) is 0 Å². The van der Waals surface area contributed by atoms with Gasteiger partial charge in [-0.25, -0.2) is 0 Å². The number of allylic oxidation sites excluding steroid dienone is 2. The molecule has 3 nitrogen and oxygen atoms in total. The van der Waals surface area contributed by atoms with E-state index >= 15 is 0 Å². The van der Waals surface area contributed by atoms with Crippen LogP contribution in [0, 0.1) is 12.3 Å². The lowest BCUT2D eigenvalue weighted by atomic mass is 9.77. The lowest BCUT2D eigenvalue weighted by Gasteiger charge is -2.38. The van der Waals surface area contributed by atoms with E-state index < -0.39 is 0 Å². The first-order valence-corrected chi connectivity index (χ1v) is 8.96. The molecule has 0 radical (unpaired) electrons. The van der Waals surface area contributed by atoms with Crippen molar-refractivity contribution in [3.05, 3.63) is 54.6 Å². The highest BCUT2D eigenvalue weighted by Crippen LogP contribution is 2.46. The van der Waals surface area contributed by atoms with Gasteiger partial charge in [0, 0.05) is 31.7 Å². The summed E-state index contributed by atoms with van der Waals surface area (Å²) in [4.78, 5) is 2.68. The van der Waals surface area contributed by atoms with E-state index in [0.717, 1.165) is 38.2 Å². The van der Waals surface area contributed by atoms with E-state index in [9.17, 15) is 0 Å². The Morgan fingerprint density at radius 3 is 2.71 bits per heavy atom. The maximum Gasteiger partial charge on any atom is 0.119 e. The molecule has 24 heavy (non-hydrogen) atoms. The SMILES string of the molecule is C=CCC1(CC=C)C[C@H]2[C@H](c3ccc(OC)cc3C)NCCN2C1. The molecule has 0 aromatic heterocycles. The molecule has 2 aliphatic heterocycles. The number of rotatable bonds is 6. The fourth-order valence-electron chi connectivity index (χ4n) is 4.69. The summed E-state index contributed by atoms with van der Waals surface area (Å²) < 4.78 is 5.37. The van der Waals surface area contributed by atoms with Crippen molar-refractivity contribution in [3.63, 3.8) is 0 Å². The number of ether oxygens (including phenoxy) is 1. The second-order valence-corrected chi connectivity index (χ2v) is 7.38. The van der Waals surface area contributed by atoms with Crippen LogP contribution in [-0.4, -0.2) is 37.7 Å². The van der Waals surface area contributed by atoms with E-state index in [1.807, 2.05) is 0 Å². The third kappa shape index (κ3) is 3.15. The van der Waals surface area contributed by atoms with Gasteiger partial charge in [0.15, 0.2) is 0 Å². The predicted octanol–water partition coefficient (Wildman–Crippen LogP) is 3.86. The van der Waals surface area contributed by atoms with Crippen LogP contribution in [0.3, 0.4) is 0 Å². The van der Waals surface area contributed by atoms with Crippen molar-refractivity contribution in [2.75, 3.05) is 26.7 Å². The van der Waals surface area contributed by atoms with Crippen LogP contribution in [0.2, 0.25) is 0 Å². The number of piperazine rings is 1. The van der Waals surface area contributed by atoms with Crippen LogP contribution < -0.4 is 10.1 Å². The summed E-state index contributed by atoms with van der Waals surface area (Å²) in [5.74, 6) is 0.933. The normalized spacial score (nSPS) is 25.9. The fourth-order valence-corrected chi connectivity index (χ4v) is 4.69. The third-order valence-electron chi connectivity index (χ3n) is 5.76. The zero-order valence-corrected chi connectivity index (χ0v) is 15.1. The number of nitrogens with one attached hydrogen (secondary N) is 1. The maximum atomic E-state index is 5.37. The van der Waals surface area contributed by atoms with Crippen molar-refractivity contribution < 1.29 is 4.74 Å². The van der Waals surface area contributed by atoms with E-state index in [-0.39, 0.29) is 0 Å². The molecule has 2 atom stereocenters. The highest BCUT2D eigenvalue weighted by molar-refractivity contribution is 5.38.